The fourth-order valence-electron chi connectivity index (χ4n) is 2.23. The Bertz CT molecular complexity index is 366. The van der Waals surface area contributed by atoms with Crippen molar-refractivity contribution in [1.29, 1.82) is 0 Å². The van der Waals surface area contributed by atoms with Gasteiger partial charge in [-0.1, -0.05) is 6.92 Å². The Labute approximate surface area is 112 Å². The standard InChI is InChI=1S/C13H22FNO4/c1-5-13(10(16)17)8-15(7-6-9(13)14)11(18)19-12(2,3)4/h9H,5-8H2,1-4H3,(H,16,17). The second-order valence-electron chi connectivity index (χ2n) is 5.97. The van der Waals surface area contributed by atoms with Gasteiger partial charge in [0.2, 0.25) is 0 Å². The predicted molar refractivity (Wildman–Crippen MR) is 67.7 cm³/mol. The zero-order chi connectivity index (χ0) is 14.8. The first kappa shape index (κ1) is 15.7. The SMILES string of the molecule is CCC1(C(=O)O)CN(C(=O)OC(C)(C)C)CCC1F. The summed E-state index contributed by atoms with van der Waals surface area (Å²) in [5.74, 6) is -1.20. The first-order valence-corrected chi connectivity index (χ1v) is 6.48. The number of piperidine rings is 1. The number of nitrogens with zero attached hydrogens (tertiary/aromatic N) is 1. The van der Waals surface area contributed by atoms with E-state index in [-0.39, 0.29) is 25.9 Å². The molecule has 0 aromatic carbocycles. The molecule has 0 bridgehead atoms. The quantitative estimate of drug-likeness (QED) is 0.840. The Morgan fingerprint density at radius 1 is 1.47 bits per heavy atom. The summed E-state index contributed by atoms with van der Waals surface area (Å²) >= 11 is 0. The van der Waals surface area contributed by atoms with Crippen molar-refractivity contribution in [3.05, 3.63) is 0 Å². The van der Waals surface area contributed by atoms with Crippen LogP contribution in [0.5, 0.6) is 0 Å². The van der Waals surface area contributed by atoms with Crippen LogP contribution in [0.25, 0.3) is 0 Å². The number of hydrogen-bond acceptors (Lipinski definition) is 3. The van der Waals surface area contributed by atoms with Crippen molar-refractivity contribution in [1.82, 2.24) is 4.90 Å². The Morgan fingerprint density at radius 3 is 2.47 bits per heavy atom. The van der Waals surface area contributed by atoms with Gasteiger partial charge in [0.1, 0.15) is 17.2 Å². The number of ether oxygens (including phenoxy) is 1. The zero-order valence-corrected chi connectivity index (χ0v) is 11.9. The molecule has 1 fully saturated rings. The third kappa shape index (κ3) is 3.36. The molecule has 5 nitrogen and oxygen atoms in total. The summed E-state index contributed by atoms with van der Waals surface area (Å²) in [5.41, 5.74) is -2.17. The number of carboxylic acids is 1. The summed E-state index contributed by atoms with van der Waals surface area (Å²) in [5, 5.41) is 9.27. The van der Waals surface area contributed by atoms with Crippen LogP contribution in [0.15, 0.2) is 0 Å². The molecular formula is C13H22FNO4. The van der Waals surface area contributed by atoms with Crippen LogP contribution >= 0.6 is 0 Å². The number of likely N-dealkylation sites (tertiary alicyclic amines) is 1. The molecule has 1 amide bonds. The van der Waals surface area contributed by atoms with Crippen LogP contribution in [0.4, 0.5) is 9.18 Å². The third-order valence-corrected chi connectivity index (χ3v) is 3.43. The van der Waals surface area contributed by atoms with E-state index in [1.165, 1.54) is 4.90 Å². The number of aliphatic carboxylic acids is 1. The molecular weight excluding hydrogens is 253 g/mol. The number of halogens is 1. The lowest BCUT2D eigenvalue weighted by Crippen LogP contribution is -2.56. The number of amides is 1. The van der Waals surface area contributed by atoms with E-state index >= 15 is 0 Å². The van der Waals surface area contributed by atoms with Crippen molar-refractivity contribution in [3.8, 4) is 0 Å². The number of carbonyl (C=O) groups is 2. The molecule has 1 rings (SSSR count). The lowest BCUT2D eigenvalue weighted by Gasteiger charge is -2.41. The molecule has 2 unspecified atom stereocenters. The first-order valence-electron chi connectivity index (χ1n) is 6.48. The second-order valence-corrected chi connectivity index (χ2v) is 5.97. The molecule has 1 heterocycles. The van der Waals surface area contributed by atoms with Gasteiger partial charge in [-0.25, -0.2) is 9.18 Å². The molecule has 0 spiro atoms. The molecule has 0 aromatic heterocycles. The Kier molecular flexibility index (Phi) is 4.43. The monoisotopic (exact) mass is 275 g/mol. The molecule has 6 heteroatoms. The topological polar surface area (TPSA) is 66.8 Å². The van der Waals surface area contributed by atoms with Crippen molar-refractivity contribution in [3.63, 3.8) is 0 Å². The van der Waals surface area contributed by atoms with E-state index < -0.39 is 29.3 Å². The van der Waals surface area contributed by atoms with E-state index in [4.69, 9.17) is 4.74 Å². The van der Waals surface area contributed by atoms with Gasteiger partial charge in [0.05, 0.1) is 0 Å². The number of hydrogen-bond donors (Lipinski definition) is 1. The van der Waals surface area contributed by atoms with Gasteiger partial charge < -0.3 is 14.7 Å². The average molecular weight is 275 g/mol. The summed E-state index contributed by atoms with van der Waals surface area (Å²) in [6.07, 6.45) is -1.85. The molecule has 0 saturated carbocycles. The number of carboxylic acid groups (broad SMARTS) is 1. The van der Waals surface area contributed by atoms with E-state index in [2.05, 4.69) is 0 Å². The smallest absolute Gasteiger partial charge is 0.410 e. The molecule has 0 radical (unpaired) electrons. The van der Waals surface area contributed by atoms with Gasteiger partial charge in [0.25, 0.3) is 0 Å². The predicted octanol–water partition coefficient (Wildman–Crippen LogP) is 2.45. The summed E-state index contributed by atoms with van der Waals surface area (Å²) in [4.78, 5) is 24.6. The minimum Gasteiger partial charge on any atom is -0.481 e. The van der Waals surface area contributed by atoms with Crippen LogP contribution < -0.4 is 0 Å². The highest BCUT2D eigenvalue weighted by atomic mass is 19.1. The van der Waals surface area contributed by atoms with Gasteiger partial charge in [0.15, 0.2) is 0 Å². The molecule has 19 heavy (non-hydrogen) atoms. The average Bonchev–Trinajstić information content (AvgIpc) is 2.27. The summed E-state index contributed by atoms with van der Waals surface area (Å²) in [6, 6.07) is 0. The van der Waals surface area contributed by atoms with E-state index in [0.717, 1.165) is 0 Å². The molecule has 0 aromatic rings. The van der Waals surface area contributed by atoms with E-state index in [0.29, 0.717) is 0 Å². The first-order chi connectivity index (χ1) is 8.62. The Hall–Kier alpha value is -1.33. The summed E-state index contributed by atoms with van der Waals surface area (Å²) < 4.78 is 19.2. The highest BCUT2D eigenvalue weighted by Crippen LogP contribution is 2.36. The molecule has 1 aliphatic rings. The lowest BCUT2D eigenvalue weighted by molar-refractivity contribution is -0.158. The molecule has 2 atom stereocenters. The molecule has 1 N–H and O–H groups in total. The minimum absolute atomic E-state index is 0.0272. The van der Waals surface area contributed by atoms with Gasteiger partial charge in [-0.2, -0.15) is 0 Å². The van der Waals surface area contributed by atoms with Gasteiger partial charge in [-0.3, -0.25) is 4.79 Å². The number of alkyl halides is 1. The van der Waals surface area contributed by atoms with E-state index in [9.17, 15) is 19.1 Å². The van der Waals surface area contributed by atoms with Crippen LogP contribution in [0.2, 0.25) is 0 Å². The zero-order valence-electron chi connectivity index (χ0n) is 11.9. The van der Waals surface area contributed by atoms with Crippen molar-refractivity contribution < 1.29 is 23.8 Å². The maximum atomic E-state index is 14.0. The number of carbonyl (C=O) groups excluding carboxylic acids is 1. The highest BCUT2D eigenvalue weighted by molar-refractivity contribution is 5.77. The van der Waals surface area contributed by atoms with E-state index in [1.807, 2.05) is 0 Å². The van der Waals surface area contributed by atoms with Crippen LogP contribution in [0.1, 0.15) is 40.5 Å². The number of rotatable bonds is 2. The van der Waals surface area contributed by atoms with Crippen molar-refractivity contribution in [2.75, 3.05) is 13.1 Å². The second kappa shape index (κ2) is 5.35. The van der Waals surface area contributed by atoms with Gasteiger partial charge >= 0.3 is 12.1 Å². The van der Waals surface area contributed by atoms with Crippen LogP contribution in [0.3, 0.4) is 0 Å². The molecule has 1 aliphatic heterocycles. The largest absolute Gasteiger partial charge is 0.481 e. The van der Waals surface area contributed by atoms with Crippen molar-refractivity contribution in [2.24, 2.45) is 5.41 Å². The van der Waals surface area contributed by atoms with Crippen LogP contribution in [0, 0.1) is 5.41 Å². The maximum Gasteiger partial charge on any atom is 0.410 e. The van der Waals surface area contributed by atoms with Gasteiger partial charge in [0, 0.05) is 13.1 Å². The van der Waals surface area contributed by atoms with Crippen LogP contribution in [-0.2, 0) is 9.53 Å². The van der Waals surface area contributed by atoms with Crippen molar-refractivity contribution >= 4 is 12.1 Å². The molecule has 1 saturated heterocycles. The molecule has 110 valence electrons. The van der Waals surface area contributed by atoms with E-state index in [1.54, 1.807) is 27.7 Å². The highest BCUT2D eigenvalue weighted by Gasteiger charge is 2.50. The maximum absolute atomic E-state index is 14.0. The molecule has 0 aliphatic carbocycles. The lowest BCUT2D eigenvalue weighted by atomic mass is 9.76. The normalized spacial score (nSPS) is 28.1. The van der Waals surface area contributed by atoms with Gasteiger partial charge in [-0.05, 0) is 33.6 Å². The van der Waals surface area contributed by atoms with Gasteiger partial charge in [-0.15, -0.1) is 0 Å². The fraction of sp³-hybridized carbons (Fsp3) is 0.846. The third-order valence-electron chi connectivity index (χ3n) is 3.43. The minimum atomic E-state index is -1.52. The fourth-order valence-corrected chi connectivity index (χ4v) is 2.23. The summed E-state index contributed by atoms with van der Waals surface area (Å²) in [7, 11) is 0. The Morgan fingerprint density at radius 2 is 2.05 bits per heavy atom. The Balaban J connectivity index is 2.85. The van der Waals surface area contributed by atoms with Crippen LogP contribution in [-0.4, -0.2) is 46.9 Å². The van der Waals surface area contributed by atoms with Crippen molar-refractivity contribution in [2.45, 2.75) is 52.3 Å². The summed E-state index contributed by atoms with van der Waals surface area (Å²) in [6.45, 7) is 6.87.